The summed E-state index contributed by atoms with van der Waals surface area (Å²) in [5, 5.41) is 1.17. The fourth-order valence-electron chi connectivity index (χ4n) is 4.71. The van der Waals surface area contributed by atoms with Gasteiger partial charge in [0.1, 0.15) is 0 Å². The Balaban J connectivity index is 1.56. The molecule has 1 saturated heterocycles. The molecule has 3 heterocycles. The standard InChI is InChI=1S/C22H29N3O2/c1-3-4-5-6-7-10-14-24-20(26)22(2)19-17(13-15-25(22)21(24)27)16-11-8-9-12-18(16)23-19/h8-9,11-12,23H,3-7,10,13-15H2,1-2H3/t22-/m0/s1. The van der Waals surface area contributed by atoms with Gasteiger partial charge in [-0.15, -0.1) is 0 Å². The number of carbonyl (C=O) groups is 2. The fourth-order valence-corrected chi connectivity index (χ4v) is 4.71. The molecule has 0 bridgehead atoms. The average Bonchev–Trinajstić information content (AvgIpc) is 3.14. The van der Waals surface area contributed by atoms with E-state index in [9.17, 15) is 9.59 Å². The topological polar surface area (TPSA) is 56.4 Å². The molecule has 2 aliphatic rings. The van der Waals surface area contributed by atoms with Crippen LogP contribution in [-0.4, -0.2) is 39.8 Å². The number of para-hydroxylation sites is 1. The third-order valence-electron chi connectivity index (χ3n) is 6.28. The van der Waals surface area contributed by atoms with Crippen molar-refractivity contribution < 1.29 is 9.59 Å². The number of H-pyrrole nitrogens is 1. The molecule has 0 saturated carbocycles. The van der Waals surface area contributed by atoms with Crippen molar-refractivity contribution in [3.05, 3.63) is 35.5 Å². The van der Waals surface area contributed by atoms with E-state index in [1.165, 1.54) is 41.5 Å². The third kappa shape index (κ3) is 2.75. The molecule has 4 rings (SSSR count). The van der Waals surface area contributed by atoms with Crippen LogP contribution in [0.2, 0.25) is 0 Å². The van der Waals surface area contributed by atoms with Crippen LogP contribution >= 0.6 is 0 Å². The van der Waals surface area contributed by atoms with E-state index in [1.807, 2.05) is 25.1 Å². The maximum Gasteiger partial charge on any atom is 0.327 e. The molecule has 2 aromatic rings. The maximum absolute atomic E-state index is 13.3. The molecule has 1 fully saturated rings. The largest absolute Gasteiger partial charge is 0.356 e. The van der Waals surface area contributed by atoms with Gasteiger partial charge in [0.2, 0.25) is 0 Å². The summed E-state index contributed by atoms with van der Waals surface area (Å²) in [7, 11) is 0. The SMILES string of the molecule is CCCCCCCCN1C(=O)N2CCc3c([nH]c4ccccc34)[C@@]2(C)C1=O. The first-order chi connectivity index (χ1) is 13.1. The van der Waals surface area contributed by atoms with Crippen molar-refractivity contribution in [1.29, 1.82) is 0 Å². The molecule has 0 unspecified atom stereocenters. The molecule has 1 atom stereocenters. The Morgan fingerprint density at radius 2 is 1.81 bits per heavy atom. The Morgan fingerprint density at radius 3 is 2.63 bits per heavy atom. The highest BCUT2D eigenvalue weighted by molar-refractivity contribution is 6.08. The van der Waals surface area contributed by atoms with Gasteiger partial charge < -0.3 is 9.88 Å². The summed E-state index contributed by atoms with van der Waals surface area (Å²) in [6, 6.07) is 8.03. The molecule has 27 heavy (non-hydrogen) atoms. The molecule has 3 amide bonds. The number of hydrogen-bond donors (Lipinski definition) is 1. The van der Waals surface area contributed by atoms with E-state index in [2.05, 4.69) is 18.0 Å². The van der Waals surface area contributed by atoms with Gasteiger partial charge in [0.05, 0.1) is 5.69 Å². The van der Waals surface area contributed by atoms with Crippen LogP contribution in [0.15, 0.2) is 24.3 Å². The Morgan fingerprint density at radius 1 is 1.07 bits per heavy atom. The van der Waals surface area contributed by atoms with Crippen molar-refractivity contribution in [1.82, 2.24) is 14.8 Å². The number of benzene rings is 1. The molecule has 0 aliphatic carbocycles. The number of aromatic nitrogens is 1. The summed E-state index contributed by atoms with van der Waals surface area (Å²) in [6.07, 6.45) is 7.66. The molecule has 1 aromatic heterocycles. The van der Waals surface area contributed by atoms with E-state index < -0.39 is 5.54 Å². The van der Waals surface area contributed by atoms with Crippen molar-refractivity contribution in [2.75, 3.05) is 13.1 Å². The second kappa shape index (κ2) is 7.02. The Hall–Kier alpha value is -2.30. The number of nitrogens with zero attached hydrogens (tertiary/aromatic N) is 2. The number of hydrogen-bond acceptors (Lipinski definition) is 2. The van der Waals surface area contributed by atoms with Crippen molar-refractivity contribution >= 4 is 22.8 Å². The molecule has 5 heteroatoms. The maximum atomic E-state index is 13.3. The summed E-state index contributed by atoms with van der Waals surface area (Å²) >= 11 is 0. The van der Waals surface area contributed by atoms with Crippen LogP contribution < -0.4 is 0 Å². The quantitative estimate of drug-likeness (QED) is 0.576. The van der Waals surface area contributed by atoms with Gasteiger partial charge in [0.15, 0.2) is 5.54 Å². The van der Waals surface area contributed by atoms with Gasteiger partial charge in [-0.3, -0.25) is 9.69 Å². The van der Waals surface area contributed by atoms with Crippen LogP contribution in [0.25, 0.3) is 10.9 Å². The first-order valence-electron chi connectivity index (χ1n) is 10.3. The molecule has 5 nitrogen and oxygen atoms in total. The minimum Gasteiger partial charge on any atom is -0.356 e. The molecule has 1 aromatic carbocycles. The summed E-state index contributed by atoms with van der Waals surface area (Å²) in [5.41, 5.74) is 2.23. The molecule has 2 aliphatic heterocycles. The van der Waals surface area contributed by atoms with E-state index in [0.29, 0.717) is 13.1 Å². The number of imide groups is 1. The lowest BCUT2D eigenvalue weighted by Gasteiger charge is -2.36. The summed E-state index contributed by atoms with van der Waals surface area (Å²) in [6.45, 7) is 5.24. The monoisotopic (exact) mass is 367 g/mol. The molecular formula is C22H29N3O2. The van der Waals surface area contributed by atoms with Crippen LogP contribution in [0.5, 0.6) is 0 Å². The molecule has 0 radical (unpaired) electrons. The lowest BCUT2D eigenvalue weighted by molar-refractivity contribution is -0.133. The Labute approximate surface area is 160 Å². The molecular weight excluding hydrogens is 338 g/mol. The number of nitrogens with one attached hydrogen (secondary N) is 1. The molecule has 1 N–H and O–H groups in total. The second-order valence-corrected chi connectivity index (χ2v) is 8.01. The highest BCUT2D eigenvalue weighted by atomic mass is 16.2. The molecule has 0 spiro atoms. The van der Waals surface area contributed by atoms with Crippen molar-refractivity contribution in [3.63, 3.8) is 0 Å². The van der Waals surface area contributed by atoms with Crippen LogP contribution in [0.1, 0.15) is 63.6 Å². The highest BCUT2D eigenvalue weighted by Crippen LogP contribution is 2.43. The van der Waals surface area contributed by atoms with Crippen LogP contribution in [0.4, 0.5) is 4.79 Å². The van der Waals surface area contributed by atoms with Gasteiger partial charge in [-0.2, -0.15) is 0 Å². The van der Waals surface area contributed by atoms with Crippen molar-refractivity contribution in [2.24, 2.45) is 0 Å². The average molecular weight is 367 g/mol. The van der Waals surface area contributed by atoms with Gasteiger partial charge in [0, 0.05) is 24.0 Å². The van der Waals surface area contributed by atoms with Crippen LogP contribution in [-0.2, 0) is 16.8 Å². The number of fused-ring (bicyclic) bond motifs is 5. The van der Waals surface area contributed by atoms with Gasteiger partial charge in [-0.05, 0) is 31.4 Å². The minimum absolute atomic E-state index is 0.0754. The second-order valence-electron chi connectivity index (χ2n) is 8.01. The first kappa shape index (κ1) is 18.1. The fraction of sp³-hybridized carbons (Fsp3) is 0.545. The predicted molar refractivity (Wildman–Crippen MR) is 107 cm³/mol. The van der Waals surface area contributed by atoms with Gasteiger partial charge >= 0.3 is 6.03 Å². The van der Waals surface area contributed by atoms with E-state index >= 15 is 0 Å². The minimum atomic E-state index is -0.897. The lowest BCUT2D eigenvalue weighted by atomic mass is 9.87. The number of amides is 3. The van der Waals surface area contributed by atoms with Gasteiger partial charge in [-0.1, -0.05) is 57.2 Å². The van der Waals surface area contributed by atoms with Crippen LogP contribution in [0.3, 0.4) is 0 Å². The summed E-state index contributed by atoms with van der Waals surface area (Å²) in [5.74, 6) is -0.0754. The van der Waals surface area contributed by atoms with Gasteiger partial charge in [-0.25, -0.2) is 4.79 Å². The number of unbranched alkanes of at least 4 members (excludes halogenated alkanes) is 5. The number of aromatic amines is 1. The van der Waals surface area contributed by atoms with Gasteiger partial charge in [0.25, 0.3) is 5.91 Å². The summed E-state index contributed by atoms with van der Waals surface area (Å²) in [4.78, 5) is 33.0. The van der Waals surface area contributed by atoms with E-state index in [0.717, 1.165) is 30.5 Å². The zero-order chi connectivity index (χ0) is 19.0. The first-order valence-corrected chi connectivity index (χ1v) is 10.3. The van der Waals surface area contributed by atoms with Crippen LogP contribution in [0, 0.1) is 0 Å². The molecule has 144 valence electrons. The summed E-state index contributed by atoms with van der Waals surface area (Å²) < 4.78 is 0. The predicted octanol–water partition coefficient (Wildman–Crippen LogP) is 4.56. The smallest absolute Gasteiger partial charge is 0.327 e. The van der Waals surface area contributed by atoms with E-state index in [4.69, 9.17) is 0 Å². The number of urea groups is 1. The van der Waals surface area contributed by atoms with E-state index in [-0.39, 0.29) is 11.9 Å². The highest BCUT2D eigenvalue weighted by Gasteiger charge is 2.58. The normalized spacial score (nSPS) is 21.9. The van der Waals surface area contributed by atoms with Crippen molar-refractivity contribution in [2.45, 2.75) is 64.3 Å². The zero-order valence-electron chi connectivity index (χ0n) is 16.4. The lowest BCUT2D eigenvalue weighted by Crippen LogP contribution is -2.49. The zero-order valence-corrected chi connectivity index (χ0v) is 16.4. The van der Waals surface area contributed by atoms with Crippen molar-refractivity contribution in [3.8, 4) is 0 Å². The Kier molecular flexibility index (Phi) is 4.70. The number of carbonyl (C=O) groups excluding carboxylic acids is 2. The Bertz CT molecular complexity index is 872. The number of rotatable bonds is 7. The third-order valence-corrected chi connectivity index (χ3v) is 6.28. The van der Waals surface area contributed by atoms with E-state index in [1.54, 1.807) is 4.90 Å².